The predicted molar refractivity (Wildman–Crippen MR) is 109 cm³/mol. The minimum atomic E-state index is -1.04. The van der Waals surface area contributed by atoms with Crippen LogP contribution < -0.4 is 10.5 Å². The summed E-state index contributed by atoms with van der Waals surface area (Å²) >= 11 is 0. The summed E-state index contributed by atoms with van der Waals surface area (Å²) in [5, 5.41) is 4.49. The topological polar surface area (TPSA) is 58.4 Å². The van der Waals surface area contributed by atoms with Gasteiger partial charge in [-0.25, -0.2) is 8.78 Å². The molecule has 154 valence electrons. The number of nitrogens with zero attached hydrogens (tertiary/aromatic N) is 4. The van der Waals surface area contributed by atoms with E-state index in [0.29, 0.717) is 44.1 Å². The van der Waals surface area contributed by atoms with Gasteiger partial charge in [0.05, 0.1) is 5.69 Å². The van der Waals surface area contributed by atoms with Gasteiger partial charge in [-0.1, -0.05) is 18.2 Å². The van der Waals surface area contributed by atoms with E-state index in [-0.39, 0.29) is 17.0 Å². The van der Waals surface area contributed by atoms with Crippen molar-refractivity contribution in [1.29, 1.82) is 0 Å². The highest BCUT2D eigenvalue weighted by Gasteiger charge is 2.22. The molecule has 0 unspecified atom stereocenters. The number of carbonyl (C=O) groups is 1. The van der Waals surface area contributed by atoms with Gasteiger partial charge in [0, 0.05) is 37.8 Å². The molecule has 8 heteroatoms. The van der Waals surface area contributed by atoms with Crippen LogP contribution in [0.1, 0.15) is 16.8 Å². The third-order valence-corrected chi connectivity index (χ3v) is 5.06. The van der Waals surface area contributed by atoms with Crippen LogP contribution >= 0.6 is 0 Å². The van der Waals surface area contributed by atoms with E-state index in [1.807, 2.05) is 35.2 Å². The first-order valence-corrected chi connectivity index (χ1v) is 9.68. The highest BCUT2D eigenvalue weighted by Crippen LogP contribution is 2.16. The van der Waals surface area contributed by atoms with Gasteiger partial charge in [-0.05, 0) is 42.8 Å². The molecule has 0 atom stereocenters. The van der Waals surface area contributed by atoms with Crippen molar-refractivity contribution in [2.24, 2.45) is 0 Å². The zero-order chi connectivity index (χ0) is 21.1. The number of aromatic nitrogens is 2. The molecule has 1 fully saturated rings. The van der Waals surface area contributed by atoms with Gasteiger partial charge in [0.1, 0.15) is 5.82 Å². The lowest BCUT2D eigenvalue weighted by molar-refractivity contribution is 0.0766. The predicted octanol–water partition coefficient (Wildman–Crippen LogP) is 2.86. The van der Waals surface area contributed by atoms with E-state index >= 15 is 0 Å². The number of hydrogen-bond donors (Lipinski definition) is 0. The molecule has 2 aromatic carbocycles. The van der Waals surface area contributed by atoms with Crippen LogP contribution in [0.15, 0.2) is 65.5 Å². The molecule has 30 heavy (non-hydrogen) atoms. The largest absolute Gasteiger partial charge is 0.353 e. The van der Waals surface area contributed by atoms with Gasteiger partial charge in [0.2, 0.25) is 0 Å². The molecule has 0 aliphatic carbocycles. The Balaban J connectivity index is 1.51. The Kier molecular flexibility index (Phi) is 5.56. The number of anilines is 1. The summed E-state index contributed by atoms with van der Waals surface area (Å²) < 4.78 is 28.0. The van der Waals surface area contributed by atoms with Crippen molar-refractivity contribution in [3.8, 4) is 5.69 Å². The fourth-order valence-corrected chi connectivity index (χ4v) is 3.49. The summed E-state index contributed by atoms with van der Waals surface area (Å²) in [7, 11) is 0. The van der Waals surface area contributed by atoms with Crippen molar-refractivity contribution >= 4 is 11.7 Å². The third kappa shape index (κ3) is 4.07. The van der Waals surface area contributed by atoms with E-state index in [1.54, 1.807) is 11.0 Å². The summed E-state index contributed by atoms with van der Waals surface area (Å²) in [6.45, 7) is 2.06. The first kappa shape index (κ1) is 19.8. The lowest BCUT2D eigenvalue weighted by atomic mass is 10.2. The molecular weight excluding hydrogens is 390 g/mol. The van der Waals surface area contributed by atoms with Crippen LogP contribution in [0.4, 0.5) is 14.6 Å². The minimum absolute atomic E-state index is 0.123. The van der Waals surface area contributed by atoms with Crippen molar-refractivity contribution in [3.63, 3.8) is 0 Å². The minimum Gasteiger partial charge on any atom is -0.353 e. The van der Waals surface area contributed by atoms with Crippen LogP contribution in [-0.4, -0.2) is 46.8 Å². The number of benzene rings is 2. The number of halogens is 2. The highest BCUT2D eigenvalue weighted by atomic mass is 19.2. The van der Waals surface area contributed by atoms with Crippen LogP contribution in [0.2, 0.25) is 0 Å². The zero-order valence-corrected chi connectivity index (χ0v) is 16.2. The standard InChI is InChI=1S/C22H20F2N4O2/c23-18-8-7-16(15-19(18)24)22(30)27-12-4-11-26(13-14-27)20-9-10-21(29)28(25-20)17-5-2-1-3-6-17/h1-3,5-10,15H,4,11-14H2. The quantitative estimate of drug-likeness (QED) is 0.666. The maximum absolute atomic E-state index is 13.5. The van der Waals surface area contributed by atoms with Crippen LogP contribution in [0.3, 0.4) is 0 Å². The van der Waals surface area contributed by atoms with E-state index < -0.39 is 11.6 Å². The van der Waals surface area contributed by atoms with Gasteiger partial charge in [0.25, 0.3) is 11.5 Å². The molecule has 1 amide bonds. The Labute approximate surface area is 172 Å². The Bertz CT molecular complexity index is 1120. The molecular formula is C22H20F2N4O2. The summed E-state index contributed by atoms with van der Waals surface area (Å²) in [6.07, 6.45) is 0.682. The Hall–Kier alpha value is -3.55. The van der Waals surface area contributed by atoms with Gasteiger partial charge in [0.15, 0.2) is 11.6 Å². The molecule has 1 aliphatic heterocycles. The van der Waals surface area contributed by atoms with E-state index in [4.69, 9.17) is 0 Å². The second kappa shape index (κ2) is 8.44. The van der Waals surface area contributed by atoms with Gasteiger partial charge < -0.3 is 9.80 Å². The summed E-state index contributed by atoms with van der Waals surface area (Å²) in [5.41, 5.74) is 0.572. The fourth-order valence-electron chi connectivity index (χ4n) is 3.49. The van der Waals surface area contributed by atoms with Crippen molar-refractivity contribution in [3.05, 3.63) is 88.2 Å². The van der Waals surface area contributed by atoms with Gasteiger partial charge in [-0.3, -0.25) is 9.59 Å². The van der Waals surface area contributed by atoms with Gasteiger partial charge in [-0.15, -0.1) is 5.10 Å². The Morgan fingerprint density at radius 2 is 1.67 bits per heavy atom. The zero-order valence-electron chi connectivity index (χ0n) is 16.2. The van der Waals surface area contributed by atoms with E-state index in [0.717, 1.165) is 12.1 Å². The molecule has 2 heterocycles. The highest BCUT2D eigenvalue weighted by molar-refractivity contribution is 5.94. The molecule has 4 rings (SSSR count). The van der Waals surface area contributed by atoms with Crippen molar-refractivity contribution in [2.75, 3.05) is 31.1 Å². The van der Waals surface area contributed by atoms with Gasteiger partial charge >= 0.3 is 0 Å². The number of carbonyl (C=O) groups excluding carboxylic acids is 1. The smallest absolute Gasteiger partial charge is 0.271 e. The van der Waals surface area contributed by atoms with Crippen molar-refractivity contribution < 1.29 is 13.6 Å². The number of hydrogen-bond acceptors (Lipinski definition) is 4. The molecule has 0 N–H and O–H groups in total. The molecule has 0 spiro atoms. The number of para-hydroxylation sites is 1. The molecule has 0 bridgehead atoms. The third-order valence-electron chi connectivity index (χ3n) is 5.06. The first-order chi connectivity index (χ1) is 14.5. The average molecular weight is 410 g/mol. The second-order valence-electron chi connectivity index (χ2n) is 7.04. The SMILES string of the molecule is O=C(c1ccc(F)c(F)c1)N1CCCN(c2ccc(=O)n(-c3ccccc3)n2)CC1. The molecule has 0 saturated carbocycles. The van der Waals surface area contributed by atoms with E-state index in [9.17, 15) is 18.4 Å². The maximum Gasteiger partial charge on any atom is 0.271 e. The molecule has 1 aliphatic rings. The normalized spacial score (nSPS) is 14.5. The van der Waals surface area contributed by atoms with Crippen LogP contribution in [-0.2, 0) is 0 Å². The Morgan fingerprint density at radius 1 is 0.867 bits per heavy atom. The molecule has 1 aromatic heterocycles. The Morgan fingerprint density at radius 3 is 2.43 bits per heavy atom. The lowest BCUT2D eigenvalue weighted by Gasteiger charge is -2.23. The van der Waals surface area contributed by atoms with Crippen LogP contribution in [0, 0.1) is 11.6 Å². The van der Waals surface area contributed by atoms with Crippen molar-refractivity contribution in [2.45, 2.75) is 6.42 Å². The monoisotopic (exact) mass is 410 g/mol. The molecule has 1 saturated heterocycles. The molecule has 0 radical (unpaired) electrons. The lowest BCUT2D eigenvalue weighted by Crippen LogP contribution is -2.36. The van der Waals surface area contributed by atoms with Gasteiger partial charge in [-0.2, -0.15) is 4.68 Å². The van der Waals surface area contributed by atoms with Crippen LogP contribution in [0.25, 0.3) is 5.69 Å². The number of rotatable bonds is 3. The van der Waals surface area contributed by atoms with Crippen molar-refractivity contribution in [1.82, 2.24) is 14.7 Å². The summed E-state index contributed by atoms with van der Waals surface area (Å²) in [4.78, 5) is 28.6. The maximum atomic E-state index is 13.5. The fraction of sp³-hybridized carbons (Fsp3) is 0.227. The first-order valence-electron chi connectivity index (χ1n) is 9.68. The van der Waals surface area contributed by atoms with Crippen LogP contribution in [0.5, 0.6) is 0 Å². The average Bonchev–Trinajstić information content (AvgIpc) is 3.02. The number of amides is 1. The second-order valence-corrected chi connectivity index (χ2v) is 7.04. The molecule has 6 nitrogen and oxygen atoms in total. The van der Waals surface area contributed by atoms with E-state index in [2.05, 4.69) is 5.10 Å². The molecule has 3 aromatic rings. The summed E-state index contributed by atoms with van der Waals surface area (Å²) in [6, 6.07) is 15.5. The summed E-state index contributed by atoms with van der Waals surface area (Å²) in [5.74, 6) is -1.71. The van der Waals surface area contributed by atoms with E-state index in [1.165, 1.54) is 16.8 Å².